The fourth-order valence-corrected chi connectivity index (χ4v) is 4.40. The largest absolute Gasteiger partial charge is 0.493 e. The van der Waals surface area contributed by atoms with Crippen LogP contribution in [0.1, 0.15) is 12.8 Å². The van der Waals surface area contributed by atoms with E-state index in [0.717, 1.165) is 17.5 Å². The normalized spacial score (nSPS) is 15.2. The van der Waals surface area contributed by atoms with Gasteiger partial charge in [0.2, 0.25) is 17.6 Å². The number of pyridine rings is 1. The van der Waals surface area contributed by atoms with Crippen molar-refractivity contribution in [2.24, 2.45) is 5.73 Å². The number of imidazole rings is 1. The van der Waals surface area contributed by atoms with Gasteiger partial charge in [-0.3, -0.25) is 4.79 Å². The number of nitrogens with one attached hydrogen (secondary N) is 1. The van der Waals surface area contributed by atoms with Crippen LogP contribution in [-0.2, 0) is 4.79 Å². The first-order chi connectivity index (χ1) is 17.5. The third-order valence-corrected chi connectivity index (χ3v) is 6.07. The Kier molecular flexibility index (Phi) is 6.15. The number of aromatic nitrogens is 5. The van der Waals surface area contributed by atoms with Gasteiger partial charge in [0.25, 0.3) is 0 Å². The number of benzene rings is 1. The monoisotopic (exact) mass is 490 g/mol. The van der Waals surface area contributed by atoms with Crippen LogP contribution in [0.3, 0.4) is 0 Å². The van der Waals surface area contributed by atoms with Crippen molar-refractivity contribution in [3.05, 3.63) is 43.0 Å². The van der Waals surface area contributed by atoms with E-state index in [1.165, 1.54) is 0 Å². The summed E-state index contributed by atoms with van der Waals surface area (Å²) in [6.45, 7) is 0.670. The maximum Gasteiger partial charge on any atom is 0.240 e. The number of methoxy groups -OCH3 is 3. The van der Waals surface area contributed by atoms with E-state index in [1.54, 1.807) is 44.6 Å². The summed E-state index contributed by atoms with van der Waals surface area (Å²) in [7, 11) is 4.68. The molecule has 0 unspecified atom stereocenters. The van der Waals surface area contributed by atoms with E-state index in [1.807, 2.05) is 29.2 Å². The molecule has 1 saturated heterocycles. The van der Waals surface area contributed by atoms with Crippen molar-refractivity contribution in [2.45, 2.75) is 18.9 Å². The second-order valence-corrected chi connectivity index (χ2v) is 8.17. The van der Waals surface area contributed by atoms with Gasteiger partial charge in [-0.15, -0.1) is 0 Å². The summed E-state index contributed by atoms with van der Waals surface area (Å²) in [6, 6.07) is 6.92. The van der Waals surface area contributed by atoms with Crippen molar-refractivity contribution in [2.75, 3.05) is 38.1 Å². The molecule has 36 heavy (non-hydrogen) atoms. The highest BCUT2D eigenvalue weighted by molar-refractivity contribution is 5.92. The number of carbonyl (C=O) groups is 1. The van der Waals surface area contributed by atoms with Gasteiger partial charge >= 0.3 is 0 Å². The number of anilines is 3. The SMILES string of the molecule is COc1cc(-n2cnc(Nc3nc(N4CCC[C@H]4C(N)=O)c4cccnc4n3)c2)cc(OC)c1OC. The Bertz CT molecular complexity index is 1400. The number of ether oxygens (including phenoxy) is 3. The zero-order chi connectivity index (χ0) is 25.2. The quantitative estimate of drug-likeness (QED) is 0.378. The lowest BCUT2D eigenvalue weighted by Crippen LogP contribution is -2.41. The van der Waals surface area contributed by atoms with Gasteiger partial charge in [-0.1, -0.05) is 0 Å². The summed E-state index contributed by atoms with van der Waals surface area (Å²) in [5, 5.41) is 3.90. The molecule has 1 aromatic carbocycles. The van der Waals surface area contributed by atoms with Gasteiger partial charge < -0.3 is 34.7 Å². The molecule has 4 aromatic rings. The number of fused-ring (bicyclic) bond motifs is 1. The first-order valence-corrected chi connectivity index (χ1v) is 11.3. The lowest BCUT2D eigenvalue weighted by atomic mass is 10.2. The number of nitrogens with two attached hydrogens (primary N) is 1. The third kappa shape index (κ3) is 4.17. The van der Waals surface area contributed by atoms with Gasteiger partial charge in [-0.2, -0.15) is 9.97 Å². The van der Waals surface area contributed by atoms with Gasteiger partial charge in [-0.25, -0.2) is 9.97 Å². The summed E-state index contributed by atoms with van der Waals surface area (Å²) in [5.74, 6) is 2.61. The van der Waals surface area contributed by atoms with Crippen LogP contribution < -0.4 is 30.2 Å². The average molecular weight is 491 g/mol. The molecule has 3 N–H and O–H groups in total. The lowest BCUT2D eigenvalue weighted by molar-refractivity contribution is -0.119. The van der Waals surface area contributed by atoms with Gasteiger partial charge in [0.05, 0.1) is 38.6 Å². The van der Waals surface area contributed by atoms with Crippen molar-refractivity contribution >= 4 is 34.5 Å². The fraction of sp³-hybridized carbons (Fsp3) is 0.292. The Labute approximate surface area is 207 Å². The van der Waals surface area contributed by atoms with E-state index in [0.29, 0.717) is 53.4 Å². The number of hydrogen-bond acceptors (Lipinski definition) is 10. The van der Waals surface area contributed by atoms with Crippen molar-refractivity contribution in [1.82, 2.24) is 24.5 Å². The Morgan fingerprint density at radius 2 is 1.89 bits per heavy atom. The Morgan fingerprint density at radius 1 is 1.11 bits per heavy atom. The topological polar surface area (TPSA) is 143 Å². The summed E-state index contributed by atoms with van der Waals surface area (Å²) in [5.41, 5.74) is 6.92. The van der Waals surface area contributed by atoms with Crippen molar-refractivity contribution < 1.29 is 19.0 Å². The van der Waals surface area contributed by atoms with Gasteiger partial charge in [-0.05, 0) is 25.0 Å². The molecule has 0 spiro atoms. The Balaban J connectivity index is 1.49. The van der Waals surface area contributed by atoms with Crippen LogP contribution in [-0.4, -0.2) is 64.3 Å². The number of primary amides is 1. The molecule has 5 rings (SSSR count). The maximum atomic E-state index is 12.0. The minimum Gasteiger partial charge on any atom is -0.493 e. The van der Waals surface area contributed by atoms with E-state index < -0.39 is 6.04 Å². The molecule has 0 aliphatic carbocycles. The lowest BCUT2D eigenvalue weighted by Gasteiger charge is -2.24. The van der Waals surface area contributed by atoms with E-state index >= 15 is 0 Å². The molecule has 0 bridgehead atoms. The molecule has 12 nitrogen and oxygen atoms in total. The second-order valence-electron chi connectivity index (χ2n) is 8.17. The van der Waals surface area contributed by atoms with Crippen LogP contribution in [0.25, 0.3) is 16.7 Å². The summed E-state index contributed by atoms with van der Waals surface area (Å²) in [6.07, 6.45) is 6.63. The summed E-state index contributed by atoms with van der Waals surface area (Å²) >= 11 is 0. The molecule has 1 aliphatic rings. The molecule has 4 heterocycles. The molecular weight excluding hydrogens is 464 g/mol. The molecular formula is C24H26N8O4. The van der Waals surface area contributed by atoms with E-state index in [-0.39, 0.29) is 5.91 Å². The molecule has 1 aliphatic heterocycles. The number of hydrogen-bond donors (Lipinski definition) is 2. The number of nitrogens with zero attached hydrogens (tertiary/aromatic N) is 6. The van der Waals surface area contributed by atoms with E-state index in [9.17, 15) is 4.79 Å². The Morgan fingerprint density at radius 3 is 2.58 bits per heavy atom. The van der Waals surface area contributed by atoms with Crippen LogP contribution in [0, 0.1) is 0 Å². The van der Waals surface area contributed by atoms with Crippen molar-refractivity contribution in [3.8, 4) is 22.9 Å². The van der Waals surface area contributed by atoms with Crippen LogP contribution in [0.5, 0.6) is 17.2 Å². The fourth-order valence-electron chi connectivity index (χ4n) is 4.40. The molecule has 1 amide bonds. The first-order valence-electron chi connectivity index (χ1n) is 11.3. The standard InChI is InChI=1S/C24H26N8O4/c1-34-17-10-14(11-18(35-2)20(17)36-3)31-12-19(27-13-31)28-24-29-22-15(6-4-8-26-22)23(30-24)32-9-5-7-16(32)21(25)33/h4,6,8,10-13,16H,5,7,9H2,1-3H3,(H2,25,33)(H,26,28,29,30)/t16-/m0/s1. The molecule has 1 fully saturated rings. The average Bonchev–Trinajstić information content (AvgIpc) is 3.57. The van der Waals surface area contributed by atoms with Crippen LogP contribution in [0.15, 0.2) is 43.0 Å². The maximum absolute atomic E-state index is 12.0. The predicted octanol–water partition coefficient (Wildman–Crippen LogP) is 2.43. The molecule has 3 aromatic heterocycles. The molecule has 0 radical (unpaired) electrons. The number of rotatable bonds is 8. The highest BCUT2D eigenvalue weighted by atomic mass is 16.5. The Hall–Kier alpha value is -4.61. The molecule has 1 atom stereocenters. The summed E-state index contributed by atoms with van der Waals surface area (Å²) < 4.78 is 18.1. The first kappa shape index (κ1) is 23.1. The van der Waals surface area contributed by atoms with Gasteiger partial charge in [0.15, 0.2) is 23.0 Å². The zero-order valence-corrected chi connectivity index (χ0v) is 20.1. The van der Waals surface area contributed by atoms with Gasteiger partial charge in [0, 0.05) is 24.9 Å². The zero-order valence-electron chi connectivity index (χ0n) is 20.1. The van der Waals surface area contributed by atoms with Crippen LogP contribution in [0.4, 0.5) is 17.6 Å². The smallest absolute Gasteiger partial charge is 0.240 e. The van der Waals surface area contributed by atoms with Crippen LogP contribution >= 0.6 is 0 Å². The van der Waals surface area contributed by atoms with Crippen molar-refractivity contribution in [1.29, 1.82) is 0 Å². The molecule has 12 heteroatoms. The highest BCUT2D eigenvalue weighted by Gasteiger charge is 2.31. The molecule has 0 saturated carbocycles. The minimum atomic E-state index is -0.421. The van der Waals surface area contributed by atoms with Crippen molar-refractivity contribution in [3.63, 3.8) is 0 Å². The van der Waals surface area contributed by atoms with E-state index in [4.69, 9.17) is 24.9 Å². The van der Waals surface area contributed by atoms with E-state index in [2.05, 4.69) is 20.3 Å². The number of amides is 1. The third-order valence-electron chi connectivity index (χ3n) is 6.07. The highest BCUT2D eigenvalue weighted by Crippen LogP contribution is 2.39. The second kappa shape index (κ2) is 9.56. The predicted molar refractivity (Wildman–Crippen MR) is 133 cm³/mol. The molecule has 186 valence electrons. The minimum absolute atomic E-state index is 0.307. The summed E-state index contributed by atoms with van der Waals surface area (Å²) in [4.78, 5) is 32.1. The number of carbonyl (C=O) groups excluding carboxylic acids is 1. The van der Waals surface area contributed by atoms with Crippen LogP contribution in [0.2, 0.25) is 0 Å². The van der Waals surface area contributed by atoms with Gasteiger partial charge in [0.1, 0.15) is 18.2 Å².